The summed E-state index contributed by atoms with van der Waals surface area (Å²) in [5.74, 6) is 1.03. The van der Waals surface area contributed by atoms with Gasteiger partial charge in [-0.2, -0.15) is 0 Å². The maximum absolute atomic E-state index is 12.8. The second-order valence-corrected chi connectivity index (χ2v) is 6.05. The Morgan fingerprint density at radius 1 is 1.29 bits per heavy atom. The van der Waals surface area contributed by atoms with Crippen LogP contribution in [0.2, 0.25) is 0 Å². The highest BCUT2D eigenvalue weighted by atomic mass is 16.5. The Bertz CT molecular complexity index is 695. The summed E-state index contributed by atoms with van der Waals surface area (Å²) in [5.41, 5.74) is 2.23. The average molecular weight is 326 g/mol. The molecule has 0 spiro atoms. The summed E-state index contributed by atoms with van der Waals surface area (Å²) in [4.78, 5) is 19.0. The largest absolute Gasteiger partial charge is 0.496 e. The van der Waals surface area contributed by atoms with Gasteiger partial charge in [-0.3, -0.25) is 9.78 Å². The molecule has 5 heteroatoms. The molecule has 5 nitrogen and oxygen atoms in total. The molecular weight excluding hydrogens is 304 g/mol. The fraction of sp³-hybridized carbons (Fsp3) is 0.368. The minimum Gasteiger partial charge on any atom is -0.496 e. The first kappa shape index (κ1) is 16.5. The lowest BCUT2D eigenvalue weighted by Gasteiger charge is -2.31. The quantitative estimate of drug-likeness (QED) is 0.938. The fourth-order valence-corrected chi connectivity index (χ4v) is 3.06. The Hall–Kier alpha value is -2.40. The lowest BCUT2D eigenvalue weighted by molar-refractivity contribution is 0.0651. The van der Waals surface area contributed by atoms with Gasteiger partial charge < -0.3 is 14.7 Å². The Kier molecular flexibility index (Phi) is 5.11. The van der Waals surface area contributed by atoms with E-state index < -0.39 is 0 Å². The number of aromatic nitrogens is 1. The van der Waals surface area contributed by atoms with Crippen molar-refractivity contribution in [2.45, 2.75) is 12.8 Å². The molecule has 2 heterocycles. The lowest BCUT2D eigenvalue weighted by Crippen LogP contribution is -2.39. The predicted molar refractivity (Wildman–Crippen MR) is 91.9 cm³/mol. The number of hydrogen-bond donors (Lipinski definition) is 1. The fourth-order valence-electron chi connectivity index (χ4n) is 3.06. The van der Waals surface area contributed by atoms with E-state index in [1.165, 1.54) is 0 Å². The molecule has 1 aliphatic heterocycles. The normalized spacial score (nSPS) is 15.3. The van der Waals surface area contributed by atoms with Gasteiger partial charge in [-0.15, -0.1) is 0 Å². The molecule has 1 fully saturated rings. The number of aliphatic hydroxyl groups excluding tert-OH is 1. The van der Waals surface area contributed by atoms with Crippen LogP contribution in [-0.4, -0.2) is 47.7 Å². The smallest absolute Gasteiger partial charge is 0.253 e. The number of nitrogens with zero attached hydrogens (tertiary/aromatic N) is 2. The maximum atomic E-state index is 12.8. The van der Waals surface area contributed by atoms with Crippen molar-refractivity contribution >= 4 is 5.91 Å². The molecule has 0 radical (unpaired) electrons. The van der Waals surface area contributed by atoms with E-state index in [9.17, 15) is 9.90 Å². The molecule has 1 aromatic heterocycles. The summed E-state index contributed by atoms with van der Waals surface area (Å²) in [6.07, 6.45) is 3.43. The van der Waals surface area contributed by atoms with Crippen LogP contribution in [0.3, 0.4) is 0 Å². The number of carbonyl (C=O) groups excluding carboxylic acids is 1. The highest BCUT2D eigenvalue weighted by Crippen LogP contribution is 2.30. The van der Waals surface area contributed by atoms with E-state index >= 15 is 0 Å². The number of likely N-dealkylation sites (tertiary alicyclic amines) is 1. The number of rotatable bonds is 4. The molecule has 0 unspecified atom stereocenters. The number of ether oxygens (including phenoxy) is 1. The van der Waals surface area contributed by atoms with E-state index in [1.807, 2.05) is 35.2 Å². The number of carbonyl (C=O) groups is 1. The van der Waals surface area contributed by atoms with Crippen LogP contribution in [0.4, 0.5) is 0 Å². The predicted octanol–water partition coefficient (Wildman–Crippen LogP) is 2.60. The van der Waals surface area contributed by atoms with Crippen molar-refractivity contribution in [3.63, 3.8) is 0 Å². The molecule has 0 bridgehead atoms. The van der Waals surface area contributed by atoms with Gasteiger partial charge in [0.2, 0.25) is 0 Å². The van der Waals surface area contributed by atoms with E-state index in [2.05, 4.69) is 4.98 Å². The number of pyridine rings is 1. The number of hydrogen-bond acceptors (Lipinski definition) is 4. The first-order valence-electron chi connectivity index (χ1n) is 8.22. The van der Waals surface area contributed by atoms with E-state index in [4.69, 9.17) is 4.74 Å². The third-order valence-corrected chi connectivity index (χ3v) is 4.55. The van der Waals surface area contributed by atoms with Gasteiger partial charge in [-0.1, -0.05) is 6.07 Å². The van der Waals surface area contributed by atoms with E-state index in [0.717, 1.165) is 24.1 Å². The molecule has 3 rings (SSSR count). The average Bonchev–Trinajstić information content (AvgIpc) is 2.67. The number of aliphatic hydroxyl groups is 1. The Morgan fingerprint density at radius 2 is 2.08 bits per heavy atom. The van der Waals surface area contributed by atoms with Crippen LogP contribution in [0.25, 0.3) is 11.3 Å². The molecule has 2 aromatic rings. The van der Waals surface area contributed by atoms with Gasteiger partial charge in [0.05, 0.1) is 12.8 Å². The second-order valence-electron chi connectivity index (χ2n) is 6.05. The molecule has 1 aromatic carbocycles. The van der Waals surface area contributed by atoms with Gasteiger partial charge in [0, 0.05) is 37.0 Å². The summed E-state index contributed by atoms with van der Waals surface area (Å²) in [5, 5.41) is 9.23. The Labute approximate surface area is 141 Å². The standard InChI is InChI=1S/C19H22N2O3/c1-24-18-6-5-15(12-16(18)17-4-2-3-9-20-17)19(23)21-10-7-14(13-22)8-11-21/h2-6,9,12,14,22H,7-8,10-11,13H2,1H3. The molecule has 1 N–H and O–H groups in total. The lowest BCUT2D eigenvalue weighted by atomic mass is 9.97. The van der Waals surface area contributed by atoms with Crippen molar-refractivity contribution in [1.82, 2.24) is 9.88 Å². The monoisotopic (exact) mass is 326 g/mol. The van der Waals surface area contributed by atoms with Crippen LogP contribution in [0, 0.1) is 5.92 Å². The van der Waals surface area contributed by atoms with Crippen molar-refractivity contribution in [3.8, 4) is 17.0 Å². The molecule has 1 saturated heterocycles. The number of piperidine rings is 1. The van der Waals surface area contributed by atoms with E-state index in [-0.39, 0.29) is 12.5 Å². The molecule has 1 amide bonds. The molecule has 0 aliphatic carbocycles. The van der Waals surface area contributed by atoms with Crippen molar-refractivity contribution in [2.75, 3.05) is 26.8 Å². The first-order valence-corrected chi connectivity index (χ1v) is 8.22. The van der Waals surface area contributed by atoms with Crippen molar-refractivity contribution in [3.05, 3.63) is 48.2 Å². The van der Waals surface area contributed by atoms with Crippen molar-refractivity contribution in [2.24, 2.45) is 5.92 Å². The second kappa shape index (κ2) is 7.45. The number of methoxy groups -OCH3 is 1. The molecule has 24 heavy (non-hydrogen) atoms. The molecular formula is C19H22N2O3. The minimum atomic E-state index is 0.0197. The minimum absolute atomic E-state index is 0.0197. The van der Waals surface area contributed by atoms with Crippen LogP contribution in [0.1, 0.15) is 23.2 Å². The SMILES string of the molecule is COc1ccc(C(=O)N2CCC(CO)CC2)cc1-c1ccccn1. The molecule has 1 aliphatic rings. The number of amides is 1. The van der Waals surface area contributed by atoms with Crippen LogP contribution in [-0.2, 0) is 0 Å². The first-order chi connectivity index (χ1) is 11.7. The highest BCUT2D eigenvalue weighted by Gasteiger charge is 2.24. The van der Waals surface area contributed by atoms with Gasteiger partial charge in [0.25, 0.3) is 5.91 Å². The number of benzene rings is 1. The van der Waals surface area contributed by atoms with Crippen LogP contribution < -0.4 is 4.74 Å². The van der Waals surface area contributed by atoms with Crippen LogP contribution in [0.5, 0.6) is 5.75 Å². The zero-order chi connectivity index (χ0) is 16.9. The maximum Gasteiger partial charge on any atom is 0.253 e. The summed E-state index contributed by atoms with van der Waals surface area (Å²) < 4.78 is 5.42. The van der Waals surface area contributed by atoms with Gasteiger partial charge in [-0.05, 0) is 49.1 Å². The molecule has 0 atom stereocenters. The van der Waals surface area contributed by atoms with Gasteiger partial charge in [0.15, 0.2) is 0 Å². The third-order valence-electron chi connectivity index (χ3n) is 4.55. The van der Waals surface area contributed by atoms with Gasteiger partial charge in [0.1, 0.15) is 5.75 Å². The summed E-state index contributed by atoms with van der Waals surface area (Å²) in [7, 11) is 1.61. The third kappa shape index (κ3) is 3.41. The summed E-state index contributed by atoms with van der Waals surface area (Å²) >= 11 is 0. The van der Waals surface area contributed by atoms with Gasteiger partial charge >= 0.3 is 0 Å². The summed E-state index contributed by atoms with van der Waals surface area (Å²) in [6.45, 7) is 1.58. The molecule has 126 valence electrons. The topological polar surface area (TPSA) is 62.7 Å². The molecule has 0 saturated carbocycles. The van der Waals surface area contributed by atoms with Gasteiger partial charge in [-0.25, -0.2) is 0 Å². The zero-order valence-corrected chi connectivity index (χ0v) is 13.8. The van der Waals surface area contributed by atoms with E-state index in [1.54, 1.807) is 19.4 Å². The zero-order valence-electron chi connectivity index (χ0n) is 13.8. The van der Waals surface area contributed by atoms with Crippen LogP contribution in [0.15, 0.2) is 42.6 Å². The Morgan fingerprint density at radius 3 is 2.71 bits per heavy atom. The van der Waals surface area contributed by atoms with E-state index in [0.29, 0.717) is 30.3 Å². The Balaban J connectivity index is 1.85. The van der Waals surface area contributed by atoms with Crippen molar-refractivity contribution < 1.29 is 14.6 Å². The van der Waals surface area contributed by atoms with Crippen LogP contribution >= 0.6 is 0 Å². The highest BCUT2D eigenvalue weighted by molar-refractivity contribution is 5.96. The summed E-state index contributed by atoms with van der Waals surface area (Å²) in [6, 6.07) is 11.1. The van der Waals surface area contributed by atoms with Crippen molar-refractivity contribution in [1.29, 1.82) is 0 Å².